The molecular formula is C16H16O3S. The van der Waals surface area contributed by atoms with Crippen molar-refractivity contribution < 1.29 is 14.1 Å². The standard InChI is InChI=1S/C16H16O3S/c17-16(18)12-20(19)11-15(13-7-3-1-4-8-13)14-9-5-2-6-10-14/h1-10,15H,11-12H2,(H,17,18). The highest BCUT2D eigenvalue weighted by Crippen LogP contribution is 2.25. The first kappa shape index (κ1) is 14.5. The topological polar surface area (TPSA) is 54.4 Å². The van der Waals surface area contributed by atoms with Crippen LogP contribution in [0.15, 0.2) is 60.7 Å². The normalized spacial score (nSPS) is 12.2. The molecular weight excluding hydrogens is 272 g/mol. The van der Waals surface area contributed by atoms with Crippen LogP contribution in [0.3, 0.4) is 0 Å². The van der Waals surface area contributed by atoms with Crippen LogP contribution in [0.4, 0.5) is 0 Å². The molecule has 0 aliphatic carbocycles. The maximum absolute atomic E-state index is 11.9. The zero-order valence-corrected chi connectivity index (χ0v) is 11.8. The lowest BCUT2D eigenvalue weighted by Gasteiger charge is -2.17. The Morgan fingerprint density at radius 1 is 0.950 bits per heavy atom. The molecule has 0 heterocycles. The fourth-order valence-electron chi connectivity index (χ4n) is 2.14. The van der Waals surface area contributed by atoms with Gasteiger partial charge in [-0.1, -0.05) is 60.7 Å². The van der Waals surface area contributed by atoms with Crippen LogP contribution >= 0.6 is 0 Å². The molecule has 0 saturated carbocycles. The second-order valence-corrected chi connectivity index (χ2v) is 6.02. The summed E-state index contributed by atoms with van der Waals surface area (Å²) >= 11 is 0. The maximum atomic E-state index is 11.9. The van der Waals surface area contributed by atoms with Gasteiger partial charge in [0, 0.05) is 22.5 Å². The minimum absolute atomic E-state index is 0.0439. The molecule has 0 saturated heterocycles. The third kappa shape index (κ3) is 4.03. The Bertz CT molecular complexity index is 542. The van der Waals surface area contributed by atoms with E-state index >= 15 is 0 Å². The average molecular weight is 288 g/mol. The van der Waals surface area contributed by atoms with Crippen molar-refractivity contribution in [1.29, 1.82) is 0 Å². The van der Waals surface area contributed by atoms with Crippen molar-refractivity contribution in [2.24, 2.45) is 0 Å². The molecule has 0 radical (unpaired) electrons. The lowest BCUT2D eigenvalue weighted by molar-refractivity contribution is -0.133. The number of hydrogen-bond acceptors (Lipinski definition) is 2. The second-order valence-electron chi connectivity index (χ2n) is 4.52. The Kier molecular flexibility index (Phi) is 5.07. The largest absolute Gasteiger partial charge is 0.481 e. The van der Waals surface area contributed by atoms with Gasteiger partial charge in [0.05, 0.1) is 0 Å². The van der Waals surface area contributed by atoms with Gasteiger partial charge in [0.2, 0.25) is 0 Å². The van der Waals surface area contributed by atoms with E-state index in [0.717, 1.165) is 11.1 Å². The van der Waals surface area contributed by atoms with E-state index in [-0.39, 0.29) is 11.7 Å². The Balaban J connectivity index is 2.26. The molecule has 0 aromatic heterocycles. The minimum Gasteiger partial charge on any atom is -0.481 e. The highest BCUT2D eigenvalue weighted by atomic mass is 32.2. The molecule has 20 heavy (non-hydrogen) atoms. The summed E-state index contributed by atoms with van der Waals surface area (Å²) in [6.07, 6.45) is 0. The Hall–Kier alpha value is -1.94. The van der Waals surface area contributed by atoms with Crippen LogP contribution in [-0.2, 0) is 15.6 Å². The smallest absolute Gasteiger partial charge is 0.316 e. The zero-order valence-electron chi connectivity index (χ0n) is 10.9. The van der Waals surface area contributed by atoms with Crippen molar-refractivity contribution in [1.82, 2.24) is 0 Å². The van der Waals surface area contributed by atoms with Crippen LogP contribution in [0.1, 0.15) is 17.0 Å². The van der Waals surface area contributed by atoms with Crippen molar-refractivity contribution in [2.75, 3.05) is 11.5 Å². The van der Waals surface area contributed by atoms with Gasteiger partial charge in [-0.15, -0.1) is 0 Å². The van der Waals surface area contributed by atoms with Crippen LogP contribution in [-0.4, -0.2) is 26.8 Å². The first-order valence-corrected chi connectivity index (χ1v) is 7.82. The van der Waals surface area contributed by atoms with Gasteiger partial charge in [0.15, 0.2) is 0 Å². The molecule has 0 fully saturated rings. The van der Waals surface area contributed by atoms with Crippen LogP contribution in [0, 0.1) is 0 Å². The lowest BCUT2D eigenvalue weighted by Crippen LogP contribution is -2.17. The molecule has 1 N–H and O–H groups in total. The molecule has 0 bridgehead atoms. The first-order valence-electron chi connectivity index (χ1n) is 6.33. The monoisotopic (exact) mass is 288 g/mol. The summed E-state index contributed by atoms with van der Waals surface area (Å²) in [6, 6.07) is 19.5. The fourth-order valence-corrected chi connectivity index (χ4v) is 3.29. The number of hydrogen-bond donors (Lipinski definition) is 1. The Morgan fingerprint density at radius 2 is 1.40 bits per heavy atom. The summed E-state index contributed by atoms with van der Waals surface area (Å²) in [5.41, 5.74) is 2.11. The molecule has 2 aromatic carbocycles. The number of benzene rings is 2. The third-order valence-corrected chi connectivity index (χ3v) is 4.31. The molecule has 2 rings (SSSR count). The van der Waals surface area contributed by atoms with E-state index in [1.807, 2.05) is 60.7 Å². The molecule has 104 valence electrons. The molecule has 2 aromatic rings. The van der Waals surface area contributed by atoms with Gasteiger partial charge in [0.25, 0.3) is 0 Å². The summed E-state index contributed by atoms with van der Waals surface area (Å²) in [5.74, 6) is -1.06. The van der Waals surface area contributed by atoms with E-state index in [1.165, 1.54) is 0 Å². The highest BCUT2D eigenvalue weighted by molar-refractivity contribution is 7.85. The van der Waals surface area contributed by atoms with Crippen molar-refractivity contribution in [3.05, 3.63) is 71.8 Å². The van der Waals surface area contributed by atoms with Crippen LogP contribution in [0.2, 0.25) is 0 Å². The highest BCUT2D eigenvalue weighted by Gasteiger charge is 2.18. The number of aliphatic carboxylic acids is 1. The summed E-state index contributed by atoms with van der Waals surface area (Å²) in [6.45, 7) is 0. The van der Waals surface area contributed by atoms with Crippen molar-refractivity contribution in [2.45, 2.75) is 5.92 Å². The molecule has 1 atom stereocenters. The van der Waals surface area contributed by atoms with E-state index in [2.05, 4.69) is 0 Å². The number of carbonyl (C=O) groups is 1. The van der Waals surface area contributed by atoms with Gasteiger partial charge < -0.3 is 5.11 Å². The molecule has 4 heteroatoms. The molecule has 0 aliphatic rings. The Morgan fingerprint density at radius 3 is 1.80 bits per heavy atom. The number of carboxylic acid groups (broad SMARTS) is 1. The molecule has 0 aliphatic heterocycles. The maximum Gasteiger partial charge on any atom is 0.316 e. The van der Waals surface area contributed by atoms with Crippen LogP contribution in [0.25, 0.3) is 0 Å². The minimum atomic E-state index is -1.38. The van der Waals surface area contributed by atoms with Gasteiger partial charge in [-0.3, -0.25) is 9.00 Å². The average Bonchev–Trinajstić information content (AvgIpc) is 2.46. The quantitative estimate of drug-likeness (QED) is 0.889. The summed E-state index contributed by atoms with van der Waals surface area (Å²) < 4.78 is 11.9. The molecule has 1 unspecified atom stereocenters. The number of carboxylic acids is 1. The molecule has 3 nitrogen and oxygen atoms in total. The van der Waals surface area contributed by atoms with Gasteiger partial charge in [-0.2, -0.15) is 0 Å². The molecule has 0 spiro atoms. The van der Waals surface area contributed by atoms with Gasteiger partial charge >= 0.3 is 5.97 Å². The van der Waals surface area contributed by atoms with Crippen molar-refractivity contribution in [3.63, 3.8) is 0 Å². The van der Waals surface area contributed by atoms with E-state index in [4.69, 9.17) is 5.11 Å². The van der Waals surface area contributed by atoms with E-state index in [9.17, 15) is 9.00 Å². The van der Waals surface area contributed by atoms with E-state index in [1.54, 1.807) is 0 Å². The zero-order chi connectivity index (χ0) is 14.4. The van der Waals surface area contributed by atoms with E-state index < -0.39 is 16.8 Å². The van der Waals surface area contributed by atoms with Crippen molar-refractivity contribution in [3.8, 4) is 0 Å². The first-order chi connectivity index (χ1) is 9.66. The predicted molar refractivity (Wildman–Crippen MR) is 80.2 cm³/mol. The van der Waals surface area contributed by atoms with Crippen LogP contribution < -0.4 is 0 Å². The van der Waals surface area contributed by atoms with Gasteiger partial charge in [-0.05, 0) is 11.1 Å². The fraction of sp³-hybridized carbons (Fsp3) is 0.188. The van der Waals surface area contributed by atoms with E-state index in [0.29, 0.717) is 5.75 Å². The summed E-state index contributed by atoms with van der Waals surface area (Å²) in [7, 11) is -1.38. The predicted octanol–water partition coefficient (Wildman–Crippen LogP) is 2.65. The van der Waals surface area contributed by atoms with Crippen molar-refractivity contribution >= 4 is 16.8 Å². The van der Waals surface area contributed by atoms with Gasteiger partial charge in [0.1, 0.15) is 5.75 Å². The lowest BCUT2D eigenvalue weighted by atomic mass is 9.93. The van der Waals surface area contributed by atoms with Gasteiger partial charge in [-0.25, -0.2) is 0 Å². The Labute approximate surface area is 120 Å². The molecule has 0 amide bonds. The number of rotatable bonds is 6. The summed E-state index contributed by atoms with van der Waals surface area (Å²) in [5, 5.41) is 8.74. The SMILES string of the molecule is O=C(O)CS(=O)CC(c1ccccc1)c1ccccc1. The second kappa shape index (κ2) is 7.01. The third-order valence-electron chi connectivity index (χ3n) is 3.04. The van der Waals surface area contributed by atoms with Crippen LogP contribution in [0.5, 0.6) is 0 Å². The summed E-state index contributed by atoms with van der Waals surface area (Å²) in [4.78, 5) is 10.7.